The fraction of sp³-hybridized carbons (Fsp3) is 0.0638. The lowest BCUT2D eigenvalue weighted by atomic mass is 9.78. The van der Waals surface area contributed by atoms with Gasteiger partial charge in [0.15, 0.2) is 0 Å². The van der Waals surface area contributed by atoms with Crippen molar-refractivity contribution in [3.8, 4) is 44.7 Å². The normalized spacial score (nSPS) is 12.9. The molecule has 1 aromatic heterocycles. The van der Waals surface area contributed by atoms with Gasteiger partial charge in [-0.2, -0.15) is 0 Å². The van der Waals surface area contributed by atoms with Crippen LogP contribution < -0.4 is 4.90 Å². The van der Waals surface area contributed by atoms with Crippen LogP contribution in [0.2, 0.25) is 0 Å². The van der Waals surface area contributed by atoms with Crippen LogP contribution in [0.5, 0.6) is 0 Å². The molecule has 0 radical (unpaired) electrons. The highest BCUT2D eigenvalue weighted by Gasteiger charge is 2.42. The zero-order chi connectivity index (χ0) is 33.0. The lowest BCUT2D eigenvalue weighted by Crippen LogP contribution is -2.16. The van der Waals surface area contributed by atoms with Gasteiger partial charge in [0.2, 0.25) is 0 Å². The van der Waals surface area contributed by atoms with Gasteiger partial charge in [-0.05, 0) is 81.4 Å². The SMILES string of the molecule is CC1(C)c2c(-c3cccc(N(c4ccc(-c5ccccc5)cc4)c4ccc(-c5ccccc5)cc4)c3)cccc2-c2oc3ccccc3c21. The number of anilines is 3. The first kappa shape index (κ1) is 29.1. The van der Waals surface area contributed by atoms with Crippen LogP contribution in [0.15, 0.2) is 180 Å². The zero-order valence-electron chi connectivity index (χ0n) is 27.6. The third kappa shape index (κ3) is 4.88. The van der Waals surface area contributed by atoms with Crippen molar-refractivity contribution in [3.05, 3.63) is 187 Å². The number of nitrogens with zero attached hydrogens (tertiary/aromatic N) is 1. The fourth-order valence-electron chi connectivity index (χ4n) is 7.76. The smallest absolute Gasteiger partial charge is 0.139 e. The predicted molar refractivity (Wildman–Crippen MR) is 205 cm³/mol. The van der Waals surface area contributed by atoms with E-state index < -0.39 is 0 Å². The van der Waals surface area contributed by atoms with E-state index in [2.05, 4.69) is 189 Å². The number of para-hydroxylation sites is 1. The first-order chi connectivity index (χ1) is 24.1. The molecule has 234 valence electrons. The van der Waals surface area contributed by atoms with Gasteiger partial charge in [0.25, 0.3) is 0 Å². The Kier molecular flexibility index (Phi) is 6.84. The summed E-state index contributed by atoms with van der Waals surface area (Å²) in [6.07, 6.45) is 0. The Hall–Kier alpha value is -6.12. The van der Waals surface area contributed by atoms with E-state index in [0.717, 1.165) is 28.4 Å². The highest BCUT2D eigenvalue weighted by atomic mass is 16.3. The Morgan fingerprint density at radius 2 is 0.918 bits per heavy atom. The van der Waals surface area contributed by atoms with E-state index >= 15 is 0 Å². The highest BCUT2D eigenvalue weighted by molar-refractivity contribution is 5.97. The molecule has 0 amide bonds. The molecule has 0 saturated heterocycles. The minimum atomic E-state index is -0.218. The number of benzene rings is 7. The van der Waals surface area contributed by atoms with Gasteiger partial charge in [0.05, 0.1) is 0 Å². The monoisotopic (exact) mass is 629 g/mol. The molecular weight excluding hydrogens is 595 g/mol. The second-order valence-corrected chi connectivity index (χ2v) is 13.4. The summed E-state index contributed by atoms with van der Waals surface area (Å²) in [5, 5.41) is 1.20. The van der Waals surface area contributed by atoms with E-state index in [-0.39, 0.29) is 5.41 Å². The van der Waals surface area contributed by atoms with Crippen molar-refractivity contribution in [1.29, 1.82) is 0 Å². The molecule has 8 aromatic rings. The van der Waals surface area contributed by atoms with Gasteiger partial charge in [-0.25, -0.2) is 0 Å². The lowest BCUT2D eigenvalue weighted by Gasteiger charge is -2.27. The summed E-state index contributed by atoms with van der Waals surface area (Å²) >= 11 is 0. The number of fused-ring (bicyclic) bond motifs is 5. The predicted octanol–water partition coefficient (Wildman–Crippen LogP) is 13.2. The van der Waals surface area contributed by atoms with Crippen LogP contribution in [0.4, 0.5) is 17.1 Å². The van der Waals surface area contributed by atoms with Crippen molar-refractivity contribution in [2.45, 2.75) is 19.3 Å². The molecule has 0 spiro atoms. The Balaban J connectivity index is 1.16. The van der Waals surface area contributed by atoms with Crippen LogP contribution in [-0.4, -0.2) is 0 Å². The van der Waals surface area contributed by atoms with E-state index in [1.165, 1.54) is 55.5 Å². The molecule has 2 heteroatoms. The molecule has 0 aliphatic heterocycles. The molecule has 0 N–H and O–H groups in total. The standard InChI is InChI=1S/C47H35NO/c1-47(2)44-40(20-12-21-42(44)46-45(47)41-19-9-10-22-43(41)49-46)36-17-11-18-39(31-36)48(37-27-23-34(24-28-37)32-13-5-3-6-14-32)38-29-25-35(26-30-38)33-15-7-4-8-16-33/h3-31H,1-2H3. The van der Waals surface area contributed by atoms with Crippen LogP contribution in [0.3, 0.4) is 0 Å². The van der Waals surface area contributed by atoms with Gasteiger partial charge >= 0.3 is 0 Å². The van der Waals surface area contributed by atoms with E-state index in [1.54, 1.807) is 0 Å². The Morgan fingerprint density at radius 3 is 1.55 bits per heavy atom. The number of furan rings is 1. The van der Waals surface area contributed by atoms with Crippen LogP contribution in [0.1, 0.15) is 25.0 Å². The second-order valence-electron chi connectivity index (χ2n) is 13.4. The van der Waals surface area contributed by atoms with Crippen molar-refractivity contribution in [2.75, 3.05) is 4.90 Å². The van der Waals surface area contributed by atoms with Gasteiger partial charge in [-0.1, -0.05) is 147 Å². The van der Waals surface area contributed by atoms with E-state index in [9.17, 15) is 0 Å². The molecule has 7 aromatic carbocycles. The lowest BCUT2D eigenvalue weighted by molar-refractivity contribution is 0.619. The quantitative estimate of drug-likeness (QED) is 0.182. The summed E-state index contributed by atoms with van der Waals surface area (Å²) in [4.78, 5) is 2.36. The van der Waals surface area contributed by atoms with Crippen molar-refractivity contribution < 1.29 is 4.42 Å². The minimum Gasteiger partial charge on any atom is -0.456 e. The number of hydrogen-bond donors (Lipinski definition) is 0. The number of hydrogen-bond acceptors (Lipinski definition) is 2. The fourth-order valence-corrected chi connectivity index (χ4v) is 7.76. The van der Waals surface area contributed by atoms with Crippen molar-refractivity contribution in [2.24, 2.45) is 0 Å². The first-order valence-corrected chi connectivity index (χ1v) is 16.9. The van der Waals surface area contributed by atoms with Gasteiger partial charge in [-0.3, -0.25) is 0 Å². The molecule has 49 heavy (non-hydrogen) atoms. The van der Waals surface area contributed by atoms with Crippen LogP contribution >= 0.6 is 0 Å². The van der Waals surface area contributed by atoms with Crippen LogP contribution in [0.25, 0.3) is 55.7 Å². The molecule has 0 unspecified atom stereocenters. The van der Waals surface area contributed by atoms with Crippen molar-refractivity contribution >= 4 is 28.0 Å². The molecule has 1 aliphatic carbocycles. The molecule has 0 saturated carbocycles. The summed E-state index contributed by atoms with van der Waals surface area (Å²) in [6, 6.07) is 62.9. The largest absolute Gasteiger partial charge is 0.456 e. The molecule has 1 heterocycles. The van der Waals surface area contributed by atoms with Crippen molar-refractivity contribution in [1.82, 2.24) is 0 Å². The van der Waals surface area contributed by atoms with Gasteiger partial charge in [0, 0.05) is 39.0 Å². The number of rotatable bonds is 6. The average Bonchev–Trinajstić information content (AvgIpc) is 3.66. The van der Waals surface area contributed by atoms with Gasteiger partial charge in [0.1, 0.15) is 11.3 Å². The van der Waals surface area contributed by atoms with E-state index in [4.69, 9.17) is 4.42 Å². The maximum absolute atomic E-state index is 6.52. The van der Waals surface area contributed by atoms with E-state index in [1.807, 2.05) is 6.07 Å². The van der Waals surface area contributed by atoms with Crippen LogP contribution in [-0.2, 0) is 5.41 Å². The van der Waals surface area contributed by atoms with Gasteiger partial charge < -0.3 is 9.32 Å². The topological polar surface area (TPSA) is 16.4 Å². The molecule has 9 rings (SSSR count). The minimum absolute atomic E-state index is 0.218. The third-order valence-corrected chi connectivity index (χ3v) is 10.0. The summed E-state index contributed by atoms with van der Waals surface area (Å²) in [6.45, 7) is 4.67. The molecule has 0 bridgehead atoms. The summed E-state index contributed by atoms with van der Waals surface area (Å²) in [7, 11) is 0. The zero-order valence-corrected chi connectivity index (χ0v) is 27.6. The van der Waals surface area contributed by atoms with Gasteiger partial charge in [-0.15, -0.1) is 0 Å². The summed E-state index contributed by atoms with van der Waals surface area (Å²) in [5.41, 5.74) is 15.1. The maximum Gasteiger partial charge on any atom is 0.139 e. The van der Waals surface area contributed by atoms with Crippen LogP contribution in [0, 0.1) is 0 Å². The average molecular weight is 630 g/mol. The second kappa shape index (κ2) is 11.5. The highest BCUT2D eigenvalue weighted by Crippen LogP contribution is 2.55. The molecule has 0 atom stereocenters. The molecule has 1 aliphatic rings. The third-order valence-electron chi connectivity index (χ3n) is 10.0. The van der Waals surface area contributed by atoms with E-state index in [0.29, 0.717) is 0 Å². The van der Waals surface area contributed by atoms with Crippen molar-refractivity contribution in [3.63, 3.8) is 0 Å². The molecular formula is C47H35NO. The summed E-state index contributed by atoms with van der Waals surface area (Å²) in [5.74, 6) is 0.998. The first-order valence-electron chi connectivity index (χ1n) is 16.9. The molecule has 0 fully saturated rings. The summed E-state index contributed by atoms with van der Waals surface area (Å²) < 4.78 is 6.52. The maximum atomic E-state index is 6.52. The Labute approximate surface area is 287 Å². The Morgan fingerprint density at radius 1 is 0.408 bits per heavy atom. The Bertz CT molecular complexity index is 2350. The molecule has 2 nitrogen and oxygen atoms in total.